The molecule has 0 amide bonds. The second-order valence-electron chi connectivity index (χ2n) is 6.92. The molecule has 0 bridgehead atoms. The van der Waals surface area contributed by atoms with Crippen molar-refractivity contribution in [3.8, 4) is 0 Å². The van der Waals surface area contributed by atoms with Gasteiger partial charge in [0.05, 0.1) is 5.56 Å². The molecule has 0 unspecified atom stereocenters. The van der Waals surface area contributed by atoms with Gasteiger partial charge in [0.1, 0.15) is 0 Å². The maximum Gasteiger partial charge on any atom is 0.335 e. The SMILES string of the molecule is CN(Cc1ccc(C(=O)O)cc1Cl)C1CCC(C)(C)CC1. The summed E-state index contributed by atoms with van der Waals surface area (Å²) in [6.45, 7) is 5.44. The molecule has 1 aliphatic carbocycles. The van der Waals surface area contributed by atoms with Gasteiger partial charge in [0.25, 0.3) is 0 Å². The second-order valence-corrected chi connectivity index (χ2v) is 7.33. The zero-order valence-electron chi connectivity index (χ0n) is 13.0. The van der Waals surface area contributed by atoms with Gasteiger partial charge in [-0.05, 0) is 55.8 Å². The van der Waals surface area contributed by atoms with Crippen molar-refractivity contribution < 1.29 is 9.90 Å². The molecule has 0 radical (unpaired) electrons. The lowest BCUT2D eigenvalue weighted by Crippen LogP contribution is -2.36. The van der Waals surface area contributed by atoms with E-state index in [0.717, 1.165) is 12.1 Å². The summed E-state index contributed by atoms with van der Waals surface area (Å²) in [6, 6.07) is 5.58. The first-order chi connectivity index (χ1) is 9.78. The molecule has 1 aliphatic rings. The average Bonchev–Trinajstić information content (AvgIpc) is 2.40. The Hall–Kier alpha value is -1.06. The van der Waals surface area contributed by atoms with Gasteiger partial charge < -0.3 is 5.11 Å². The van der Waals surface area contributed by atoms with Crippen molar-refractivity contribution in [2.75, 3.05) is 7.05 Å². The van der Waals surface area contributed by atoms with E-state index in [1.165, 1.54) is 31.7 Å². The first-order valence-corrected chi connectivity index (χ1v) is 7.88. The van der Waals surface area contributed by atoms with Crippen LogP contribution in [0.25, 0.3) is 0 Å². The molecule has 1 fully saturated rings. The molecule has 1 N–H and O–H groups in total. The molecule has 116 valence electrons. The largest absolute Gasteiger partial charge is 0.478 e. The van der Waals surface area contributed by atoms with Crippen LogP contribution in [0.3, 0.4) is 0 Å². The zero-order chi connectivity index (χ0) is 15.6. The van der Waals surface area contributed by atoms with E-state index < -0.39 is 5.97 Å². The molecular weight excluding hydrogens is 286 g/mol. The van der Waals surface area contributed by atoms with E-state index in [9.17, 15) is 4.79 Å². The van der Waals surface area contributed by atoms with Crippen molar-refractivity contribution in [3.05, 3.63) is 34.3 Å². The number of benzene rings is 1. The van der Waals surface area contributed by atoms with Crippen LogP contribution in [0.2, 0.25) is 5.02 Å². The summed E-state index contributed by atoms with van der Waals surface area (Å²) in [6.07, 6.45) is 4.95. The predicted molar refractivity (Wildman–Crippen MR) is 85.9 cm³/mol. The lowest BCUT2D eigenvalue weighted by molar-refractivity contribution is 0.0697. The van der Waals surface area contributed by atoms with E-state index in [4.69, 9.17) is 16.7 Å². The van der Waals surface area contributed by atoms with Crippen LogP contribution in [-0.2, 0) is 6.54 Å². The van der Waals surface area contributed by atoms with E-state index in [2.05, 4.69) is 25.8 Å². The smallest absolute Gasteiger partial charge is 0.335 e. The maximum atomic E-state index is 10.9. The highest BCUT2D eigenvalue weighted by Gasteiger charge is 2.28. The van der Waals surface area contributed by atoms with Crippen molar-refractivity contribution in [3.63, 3.8) is 0 Å². The quantitative estimate of drug-likeness (QED) is 0.894. The van der Waals surface area contributed by atoms with Gasteiger partial charge in [-0.2, -0.15) is 0 Å². The molecule has 4 heteroatoms. The number of nitrogens with zero attached hydrogens (tertiary/aromatic N) is 1. The molecule has 0 aromatic heterocycles. The van der Waals surface area contributed by atoms with Crippen molar-refractivity contribution in [1.29, 1.82) is 0 Å². The number of carboxylic acid groups (broad SMARTS) is 1. The predicted octanol–water partition coefficient (Wildman–Crippen LogP) is 4.44. The minimum absolute atomic E-state index is 0.241. The molecule has 0 heterocycles. The third-order valence-corrected chi connectivity index (χ3v) is 5.00. The summed E-state index contributed by atoms with van der Waals surface area (Å²) in [5, 5.41) is 9.51. The zero-order valence-corrected chi connectivity index (χ0v) is 13.8. The minimum Gasteiger partial charge on any atom is -0.478 e. The van der Waals surface area contributed by atoms with E-state index >= 15 is 0 Å². The normalized spacial score (nSPS) is 18.9. The lowest BCUT2D eigenvalue weighted by Gasteiger charge is -2.38. The number of rotatable bonds is 4. The fourth-order valence-electron chi connectivity index (χ4n) is 3.03. The molecule has 0 saturated heterocycles. The number of aromatic carboxylic acids is 1. The van der Waals surface area contributed by atoms with Crippen molar-refractivity contribution in [2.24, 2.45) is 5.41 Å². The summed E-state index contributed by atoms with van der Waals surface area (Å²) in [5.41, 5.74) is 1.71. The first kappa shape index (κ1) is 16.3. The molecular formula is C17H24ClNO2. The van der Waals surface area contributed by atoms with Gasteiger partial charge in [-0.25, -0.2) is 4.79 Å². The fourth-order valence-corrected chi connectivity index (χ4v) is 3.27. The van der Waals surface area contributed by atoms with E-state index in [1.54, 1.807) is 6.07 Å². The van der Waals surface area contributed by atoms with Crippen molar-refractivity contribution in [1.82, 2.24) is 4.90 Å². The van der Waals surface area contributed by atoms with Gasteiger partial charge in [-0.15, -0.1) is 0 Å². The summed E-state index contributed by atoms with van der Waals surface area (Å²) in [4.78, 5) is 13.3. The van der Waals surface area contributed by atoms with Gasteiger partial charge in [-0.3, -0.25) is 4.90 Å². The molecule has 2 rings (SSSR count). The Balaban J connectivity index is 2.00. The summed E-state index contributed by atoms with van der Waals surface area (Å²) in [5.74, 6) is -0.939. The molecule has 0 aliphatic heterocycles. The molecule has 0 atom stereocenters. The fraction of sp³-hybridized carbons (Fsp3) is 0.588. The number of halogens is 1. The molecule has 0 spiro atoms. The number of carbonyl (C=O) groups is 1. The van der Waals surface area contributed by atoms with Gasteiger partial charge in [0, 0.05) is 17.6 Å². The highest BCUT2D eigenvalue weighted by molar-refractivity contribution is 6.31. The van der Waals surface area contributed by atoms with Crippen LogP contribution in [0.5, 0.6) is 0 Å². The molecule has 21 heavy (non-hydrogen) atoms. The topological polar surface area (TPSA) is 40.5 Å². The van der Waals surface area contributed by atoms with Crippen LogP contribution in [0.15, 0.2) is 18.2 Å². The Morgan fingerprint density at radius 3 is 2.52 bits per heavy atom. The minimum atomic E-state index is -0.939. The van der Waals surface area contributed by atoms with Gasteiger partial charge in [0.2, 0.25) is 0 Å². The lowest BCUT2D eigenvalue weighted by atomic mass is 9.75. The Morgan fingerprint density at radius 1 is 1.38 bits per heavy atom. The number of hydrogen-bond donors (Lipinski definition) is 1. The average molecular weight is 310 g/mol. The second kappa shape index (κ2) is 6.37. The third-order valence-electron chi connectivity index (χ3n) is 4.65. The molecule has 1 aromatic carbocycles. The van der Waals surface area contributed by atoms with Crippen LogP contribution in [0.1, 0.15) is 55.5 Å². The number of carboxylic acids is 1. The van der Waals surface area contributed by atoms with Crippen molar-refractivity contribution >= 4 is 17.6 Å². The Bertz CT molecular complexity index is 518. The summed E-state index contributed by atoms with van der Waals surface area (Å²) in [7, 11) is 2.13. The van der Waals surface area contributed by atoms with Crippen LogP contribution in [0, 0.1) is 5.41 Å². The van der Waals surface area contributed by atoms with Gasteiger partial charge in [-0.1, -0.05) is 31.5 Å². The standard InChI is InChI=1S/C17H24ClNO2/c1-17(2)8-6-14(7-9-17)19(3)11-13-5-4-12(16(20)21)10-15(13)18/h4-5,10,14H,6-9,11H2,1-3H3,(H,20,21). The Kier molecular flexibility index (Phi) is 4.95. The Labute approximate surface area is 131 Å². The summed E-state index contributed by atoms with van der Waals surface area (Å²) < 4.78 is 0. The van der Waals surface area contributed by atoms with Crippen LogP contribution in [0.4, 0.5) is 0 Å². The molecule has 3 nitrogen and oxygen atoms in total. The van der Waals surface area contributed by atoms with Gasteiger partial charge in [0.15, 0.2) is 0 Å². The van der Waals surface area contributed by atoms with E-state index in [-0.39, 0.29) is 5.56 Å². The maximum absolute atomic E-state index is 10.9. The van der Waals surface area contributed by atoms with E-state index in [0.29, 0.717) is 16.5 Å². The Morgan fingerprint density at radius 2 is 2.00 bits per heavy atom. The van der Waals surface area contributed by atoms with Crippen LogP contribution >= 0.6 is 11.6 Å². The first-order valence-electron chi connectivity index (χ1n) is 7.50. The van der Waals surface area contributed by atoms with Crippen LogP contribution < -0.4 is 0 Å². The molecule has 1 aromatic rings. The monoisotopic (exact) mass is 309 g/mol. The molecule has 1 saturated carbocycles. The van der Waals surface area contributed by atoms with Crippen molar-refractivity contribution in [2.45, 2.75) is 52.1 Å². The highest BCUT2D eigenvalue weighted by Crippen LogP contribution is 2.37. The number of hydrogen-bond acceptors (Lipinski definition) is 2. The third kappa shape index (κ3) is 4.21. The highest BCUT2D eigenvalue weighted by atomic mass is 35.5. The van der Waals surface area contributed by atoms with E-state index in [1.807, 2.05) is 6.07 Å². The van der Waals surface area contributed by atoms with Gasteiger partial charge >= 0.3 is 5.97 Å². The van der Waals surface area contributed by atoms with Crippen LogP contribution in [-0.4, -0.2) is 29.1 Å². The summed E-state index contributed by atoms with van der Waals surface area (Å²) >= 11 is 6.21.